The van der Waals surface area contributed by atoms with E-state index >= 15 is 0 Å². The van der Waals surface area contributed by atoms with Crippen molar-refractivity contribution >= 4 is 35.3 Å². The number of rotatable bonds is 6. The molecule has 0 heterocycles. The van der Waals surface area contributed by atoms with Crippen molar-refractivity contribution in [2.24, 2.45) is 16.6 Å². The molecule has 0 spiro atoms. The first kappa shape index (κ1) is 26.6. The predicted octanol–water partition coefficient (Wildman–Crippen LogP) is 4.28. The zero-order chi connectivity index (χ0) is 26.5. The van der Waals surface area contributed by atoms with Gasteiger partial charge in [0.1, 0.15) is 11.4 Å². The summed E-state index contributed by atoms with van der Waals surface area (Å²) in [7, 11) is 0. The topological polar surface area (TPSA) is 137 Å². The van der Waals surface area contributed by atoms with Crippen molar-refractivity contribution in [2.75, 3.05) is 11.9 Å². The van der Waals surface area contributed by atoms with Crippen LogP contribution in [0.4, 0.5) is 10.5 Å². The third-order valence-corrected chi connectivity index (χ3v) is 5.53. The summed E-state index contributed by atoms with van der Waals surface area (Å²) in [5.41, 5.74) is 8.02. The summed E-state index contributed by atoms with van der Waals surface area (Å²) in [4.78, 5) is 52.9. The zero-order valence-corrected chi connectivity index (χ0v) is 20.9. The van der Waals surface area contributed by atoms with E-state index in [1.807, 2.05) is 0 Å². The molecule has 0 aliphatic heterocycles. The quantitative estimate of drug-likeness (QED) is 0.348. The van der Waals surface area contributed by atoms with E-state index in [2.05, 4.69) is 10.3 Å². The molecule has 1 aliphatic carbocycles. The fourth-order valence-corrected chi connectivity index (χ4v) is 3.86. The van der Waals surface area contributed by atoms with Crippen LogP contribution >= 0.6 is 0 Å². The van der Waals surface area contributed by atoms with Crippen LogP contribution < -0.4 is 11.1 Å². The van der Waals surface area contributed by atoms with Crippen molar-refractivity contribution in [2.45, 2.75) is 52.6 Å². The van der Waals surface area contributed by atoms with Crippen LogP contribution in [0.5, 0.6) is 0 Å². The fourth-order valence-electron chi connectivity index (χ4n) is 3.86. The normalized spacial score (nSPS) is 15.6. The molecule has 9 nitrogen and oxygen atoms in total. The van der Waals surface area contributed by atoms with Gasteiger partial charge in [0.15, 0.2) is 5.78 Å². The van der Waals surface area contributed by atoms with Crippen molar-refractivity contribution in [3.63, 3.8) is 0 Å². The Morgan fingerprint density at radius 3 is 2.39 bits per heavy atom. The van der Waals surface area contributed by atoms with Crippen LogP contribution in [-0.4, -0.2) is 41.8 Å². The maximum atomic E-state index is 12.8. The van der Waals surface area contributed by atoms with Gasteiger partial charge in [-0.05, 0) is 76.4 Å². The van der Waals surface area contributed by atoms with Gasteiger partial charge in [0.25, 0.3) is 5.91 Å². The average Bonchev–Trinajstić information content (AvgIpc) is 2.80. The van der Waals surface area contributed by atoms with Gasteiger partial charge in [0, 0.05) is 28.3 Å². The van der Waals surface area contributed by atoms with Gasteiger partial charge in [-0.1, -0.05) is 12.1 Å². The molecule has 2 aromatic rings. The van der Waals surface area contributed by atoms with Crippen molar-refractivity contribution < 1.29 is 28.7 Å². The number of nitrogens with one attached hydrogen (secondary N) is 1. The molecular formula is C27H31N3O6. The lowest BCUT2D eigenvalue weighted by atomic mass is 9.81. The van der Waals surface area contributed by atoms with Crippen LogP contribution in [0.2, 0.25) is 0 Å². The number of amides is 2. The first-order chi connectivity index (χ1) is 17.0. The summed E-state index contributed by atoms with van der Waals surface area (Å²) in [5.74, 6) is -1.19. The molecule has 9 heteroatoms. The first-order valence-electron chi connectivity index (χ1n) is 11.8. The van der Waals surface area contributed by atoms with Crippen LogP contribution in [-0.2, 0) is 20.7 Å². The number of carbonyl (C=O) groups excluding carboxylic acids is 4. The molecule has 1 unspecified atom stereocenters. The molecule has 0 radical (unpaired) electrons. The first-order valence-corrected chi connectivity index (χ1v) is 11.8. The predicted molar refractivity (Wildman–Crippen MR) is 135 cm³/mol. The van der Waals surface area contributed by atoms with Gasteiger partial charge in [-0.2, -0.15) is 4.99 Å². The molecule has 36 heavy (non-hydrogen) atoms. The highest BCUT2D eigenvalue weighted by Gasteiger charge is 2.29. The molecule has 2 amide bonds. The minimum Gasteiger partial charge on any atom is -0.466 e. The number of anilines is 1. The maximum Gasteiger partial charge on any atom is 0.436 e. The van der Waals surface area contributed by atoms with E-state index in [4.69, 9.17) is 15.2 Å². The largest absolute Gasteiger partial charge is 0.466 e. The Kier molecular flexibility index (Phi) is 8.24. The van der Waals surface area contributed by atoms with Crippen molar-refractivity contribution in [1.29, 1.82) is 0 Å². The number of benzene rings is 2. The van der Waals surface area contributed by atoms with E-state index in [1.165, 1.54) is 0 Å². The number of hydrogen-bond acceptors (Lipinski definition) is 6. The van der Waals surface area contributed by atoms with Crippen molar-refractivity contribution in [3.8, 4) is 0 Å². The summed E-state index contributed by atoms with van der Waals surface area (Å²) in [6.45, 7) is 7.21. The second-order valence-corrected chi connectivity index (χ2v) is 9.49. The molecule has 0 saturated carbocycles. The van der Waals surface area contributed by atoms with Crippen molar-refractivity contribution in [1.82, 2.24) is 0 Å². The second-order valence-electron chi connectivity index (χ2n) is 9.49. The van der Waals surface area contributed by atoms with E-state index in [9.17, 15) is 19.2 Å². The minimum atomic E-state index is -0.792. The number of esters is 1. The SMILES string of the molecule is CCOC(=O)CC1CCc2cc(NC(=O)c3ccc(/C(N)=N/C(=O)OC(C)(C)C)cc3)ccc2C1=O. The van der Waals surface area contributed by atoms with Crippen LogP contribution in [0, 0.1) is 5.92 Å². The summed E-state index contributed by atoms with van der Waals surface area (Å²) >= 11 is 0. The number of nitrogens with zero attached hydrogens (tertiary/aromatic N) is 1. The Morgan fingerprint density at radius 2 is 1.75 bits per heavy atom. The highest BCUT2D eigenvalue weighted by Crippen LogP contribution is 2.30. The second kappa shape index (κ2) is 11.2. The third-order valence-electron chi connectivity index (χ3n) is 5.53. The summed E-state index contributed by atoms with van der Waals surface area (Å²) in [6.07, 6.45) is 0.461. The number of fused-ring (bicyclic) bond motifs is 1. The molecule has 1 aliphatic rings. The smallest absolute Gasteiger partial charge is 0.436 e. The molecule has 0 bridgehead atoms. The number of aryl methyl sites for hydroxylation is 1. The van der Waals surface area contributed by atoms with Gasteiger partial charge in [-0.15, -0.1) is 0 Å². The monoisotopic (exact) mass is 493 g/mol. The van der Waals surface area contributed by atoms with E-state index in [-0.39, 0.29) is 42.4 Å². The molecule has 0 saturated heterocycles. The molecule has 3 rings (SSSR count). The number of ketones is 1. The number of Topliss-reactive ketones (excluding diaryl/α,β-unsaturated/α-hetero) is 1. The van der Waals surface area contributed by atoms with Crippen LogP contribution in [0.25, 0.3) is 0 Å². The van der Waals surface area contributed by atoms with Gasteiger partial charge in [0.05, 0.1) is 13.0 Å². The van der Waals surface area contributed by atoms with E-state index in [0.717, 1.165) is 5.56 Å². The molecule has 0 aromatic heterocycles. The molecule has 3 N–H and O–H groups in total. The Balaban J connectivity index is 1.65. The number of ether oxygens (including phenoxy) is 2. The molecule has 1 atom stereocenters. The van der Waals surface area contributed by atoms with Gasteiger partial charge in [0.2, 0.25) is 0 Å². The molecule has 0 fully saturated rings. The Bertz CT molecular complexity index is 1190. The number of carbonyl (C=O) groups is 4. The number of amidine groups is 1. The Hall–Kier alpha value is -4.01. The van der Waals surface area contributed by atoms with Crippen LogP contribution in [0.15, 0.2) is 47.5 Å². The highest BCUT2D eigenvalue weighted by molar-refractivity contribution is 6.07. The van der Waals surface area contributed by atoms with Gasteiger partial charge < -0.3 is 20.5 Å². The third kappa shape index (κ3) is 7.00. The van der Waals surface area contributed by atoms with E-state index in [0.29, 0.717) is 35.2 Å². The summed E-state index contributed by atoms with van der Waals surface area (Å²) < 4.78 is 10.1. The lowest BCUT2D eigenvalue weighted by Crippen LogP contribution is -2.26. The number of aliphatic imine (C=N–C) groups is 1. The van der Waals surface area contributed by atoms with Crippen LogP contribution in [0.3, 0.4) is 0 Å². The van der Waals surface area contributed by atoms with E-state index in [1.54, 1.807) is 70.2 Å². The zero-order valence-electron chi connectivity index (χ0n) is 20.9. The fraction of sp³-hybridized carbons (Fsp3) is 0.370. The Labute approximate surface area is 210 Å². The standard InChI is InChI=1S/C27H31N3O6/c1-5-35-22(31)15-19-11-10-18-14-20(12-13-21(18)23(19)32)29-25(33)17-8-6-16(7-9-17)24(28)30-26(34)36-27(2,3)4/h6-9,12-14,19H,5,10-11,15H2,1-4H3,(H,29,33)(H2,28,30,34). The Morgan fingerprint density at radius 1 is 1.08 bits per heavy atom. The van der Waals surface area contributed by atoms with Crippen LogP contribution in [0.1, 0.15) is 72.4 Å². The molecule has 2 aromatic carbocycles. The lowest BCUT2D eigenvalue weighted by Gasteiger charge is -2.23. The van der Waals surface area contributed by atoms with Gasteiger partial charge >= 0.3 is 12.1 Å². The molecular weight excluding hydrogens is 462 g/mol. The van der Waals surface area contributed by atoms with Gasteiger partial charge in [-0.3, -0.25) is 14.4 Å². The van der Waals surface area contributed by atoms with Crippen molar-refractivity contribution in [3.05, 3.63) is 64.7 Å². The summed E-state index contributed by atoms with van der Waals surface area (Å²) in [6, 6.07) is 11.5. The lowest BCUT2D eigenvalue weighted by molar-refractivity contribution is -0.144. The summed E-state index contributed by atoms with van der Waals surface area (Å²) in [5, 5.41) is 2.83. The molecule has 190 valence electrons. The van der Waals surface area contributed by atoms with Gasteiger partial charge in [-0.25, -0.2) is 4.79 Å². The number of hydrogen-bond donors (Lipinski definition) is 2. The average molecular weight is 494 g/mol. The minimum absolute atomic E-state index is 0.0168. The number of nitrogens with two attached hydrogens (primary N) is 1. The maximum absolute atomic E-state index is 12.8. The highest BCUT2D eigenvalue weighted by atomic mass is 16.6. The van der Waals surface area contributed by atoms with E-state index < -0.39 is 11.7 Å².